The molecular weight excluding hydrogens is 232 g/mol. The van der Waals surface area contributed by atoms with E-state index in [4.69, 9.17) is 5.73 Å². The van der Waals surface area contributed by atoms with E-state index in [1.807, 2.05) is 18.2 Å². The molecule has 2 N–H and O–H groups in total. The van der Waals surface area contributed by atoms with Crippen LogP contribution in [0.3, 0.4) is 0 Å². The predicted octanol–water partition coefficient (Wildman–Crippen LogP) is 3.91. The Bertz CT molecular complexity index is 541. The molecule has 0 heterocycles. The number of nitrogens with zero attached hydrogens (tertiary/aromatic N) is 1. The Morgan fingerprint density at radius 3 is 2.16 bits per heavy atom. The van der Waals surface area contributed by atoms with Gasteiger partial charge in [0.05, 0.1) is 11.4 Å². The van der Waals surface area contributed by atoms with E-state index in [2.05, 4.69) is 49.9 Å². The molecule has 0 atom stereocenters. The fraction of sp³-hybridized carbons (Fsp3) is 0.294. The van der Waals surface area contributed by atoms with Crippen molar-refractivity contribution in [3.05, 3.63) is 59.2 Å². The summed E-state index contributed by atoms with van der Waals surface area (Å²) in [4.78, 5) is 2.32. The topological polar surface area (TPSA) is 29.3 Å². The van der Waals surface area contributed by atoms with Gasteiger partial charge in [-0.2, -0.15) is 0 Å². The van der Waals surface area contributed by atoms with Crippen LogP contribution in [0.2, 0.25) is 0 Å². The van der Waals surface area contributed by atoms with Crippen molar-refractivity contribution in [3.8, 4) is 0 Å². The molecule has 0 radical (unpaired) electrons. The molecule has 0 aliphatic rings. The maximum absolute atomic E-state index is 6.09. The zero-order valence-corrected chi connectivity index (χ0v) is 12.0. The van der Waals surface area contributed by atoms with Crippen molar-refractivity contribution in [1.29, 1.82) is 0 Å². The van der Waals surface area contributed by atoms with Crippen LogP contribution in [0.25, 0.3) is 0 Å². The van der Waals surface area contributed by atoms with Crippen molar-refractivity contribution in [1.82, 2.24) is 0 Å². The quantitative estimate of drug-likeness (QED) is 0.838. The first-order valence-corrected chi connectivity index (χ1v) is 6.78. The lowest BCUT2D eigenvalue weighted by atomic mass is 10.0. The van der Waals surface area contributed by atoms with Gasteiger partial charge in [-0.05, 0) is 49.6 Å². The predicted molar refractivity (Wildman–Crippen MR) is 83.5 cm³/mol. The van der Waals surface area contributed by atoms with Crippen LogP contribution in [0.1, 0.15) is 23.6 Å². The van der Waals surface area contributed by atoms with E-state index in [1.54, 1.807) is 0 Å². The zero-order valence-electron chi connectivity index (χ0n) is 12.0. The highest BCUT2D eigenvalue weighted by Gasteiger charge is 2.11. The van der Waals surface area contributed by atoms with E-state index in [1.165, 1.54) is 16.7 Å². The smallest absolute Gasteiger partial charge is 0.0602 e. The lowest BCUT2D eigenvalue weighted by Gasteiger charge is -2.26. The van der Waals surface area contributed by atoms with Crippen molar-refractivity contribution >= 4 is 11.4 Å². The van der Waals surface area contributed by atoms with Crippen LogP contribution in [-0.4, -0.2) is 6.54 Å². The highest BCUT2D eigenvalue weighted by Crippen LogP contribution is 2.25. The van der Waals surface area contributed by atoms with Gasteiger partial charge in [-0.15, -0.1) is 0 Å². The van der Waals surface area contributed by atoms with Gasteiger partial charge in [0, 0.05) is 13.1 Å². The van der Waals surface area contributed by atoms with E-state index in [9.17, 15) is 0 Å². The molecule has 0 aliphatic carbocycles. The first-order valence-electron chi connectivity index (χ1n) is 6.78. The molecule has 2 nitrogen and oxygen atoms in total. The summed E-state index contributed by atoms with van der Waals surface area (Å²) in [5.74, 6) is 0. The number of rotatable bonds is 4. The van der Waals surface area contributed by atoms with Crippen molar-refractivity contribution in [3.63, 3.8) is 0 Å². The lowest BCUT2D eigenvalue weighted by molar-refractivity contribution is 0.823. The molecule has 0 bridgehead atoms. The number of hydrogen-bond acceptors (Lipinski definition) is 2. The van der Waals surface area contributed by atoms with E-state index < -0.39 is 0 Å². The Labute approximate surface area is 115 Å². The van der Waals surface area contributed by atoms with Crippen LogP contribution in [0.4, 0.5) is 11.4 Å². The lowest BCUT2D eigenvalue weighted by Crippen LogP contribution is -2.24. The molecule has 2 heteroatoms. The third-order valence-corrected chi connectivity index (χ3v) is 3.65. The Kier molecular flexibility index (Phi) is 4.10. The molecule has 2 aromatic carbocycles. The third kappa shape index (κ3) is 2.90. The van der Waals surface area contributed by atoms with Crippen molar-refractivity contribution in [2.45, 2.75) is 27.3 Å². The van der Waals surface area contributed by atoms with Crippen LogP contribution in [0, 0.1) is 13.8 Å². The maximum Gasteiger partial charge on any atom is 0.0602 e. The minimum absolute atomic E-state index is 0.843. The van der Waals surface area contributed by atoms with Gasteiger partial charge in [0.1, 0.15) is 0 Å². The second-order valence-corrected chi connectivity index (χ2v) is 4.94. The van der Waals surface area contributed by atoms with Crippen LogP contribution < -0.4 is 10.6 Å². The van der Waals surface area contributed by atoms with E-state index in [0.29, 0.717) is 0 Å². The number of aryl methyl sites for hydroxylation is 2. The van der Waals surface area contributed by atoms with Gasteiger partial charge in [0.2, 0.25) is 0 Å². The first kappa shape index (κ1) is 13.5. The van der Waals surface area contributed by atoms with Crippen molar-refractivity contribution in [2.24, 2.45) is 0 Å². The van der Waals surface area contributed by atoms with Crippen LogP contribution in [0.15, 0.2) is 42.5 Å². The second kappa shape index (κ2) is 5.79. The van der Waals surface area contributed by atoms with E-state index in [-0.39, 0.29) is 0 Å². The Morgan fingerprint density at radius 1 is 0.947 bits per heavy atom. The van der Waals surface area contributed by atoms with Gasteiger partial charge in [0.15, 0.2) is 0 Å². The molecule has 0 saturated heterocycles. The molecule has 100 valence electrons. The summed E-state index contributed by atoms with van der Waals surface area (Å²) in [5.41, 5.74) is 12.1. The monoisotopic (exact) mass is 254 g/mol. The highest BCUT2D eigenvalue weighted by molar-refractivity contribution is 5.67. The van der Waals surface area contributed by atoms with Crippen molar-refractivity contribution < 1.29 is 0 Å². The highest BCUT2D eigenvalue weighted by atomic mass is 15.1. The molecular formula is C17H22N2. The number of hydrogen-bond donors (Lipinski definition) is 1. The van der Waals surface area contributed by atoms with Gasteiger partial charge in [0.25, 0.3) is 0 Å². The number of nitrogens with two attached hydrogens (primary N) is 1. The van der Waals surface area contributed by atoms with Crippen LogP contribution in [-0.2, 0) is 6.54 Å². The number of benzene rings is 2. The molecule has 0 aliphatic heterocycles. The SMILES string of the molecule is CCN(Cc1c(C)cccc1C)c1ccccc1N. The van der Waals surface area contributed by atoms with Crippen LogP contribution >= 0.6 is 0 Å². The Hall–Kier alpha value is -1.96. The summed E-state index contributed by atoms with van der Waals surface area (Å²) in [7, 11) is 0. The maximum atomic E-state index is 6.09. The molecule has 0 unspecified atom stereocenters. The molecule has 0 amide bonds. The minimum Gasteiger partial charge on any atom is -0.397 e. The van der Waals surface area contributed by atoms with Crippen molar-refractivity contribution in [2.75, 3.05) is 17.2 Å². The summed E-state index contributed by atoms with van der Waals surface area (Å²) in [6, 6.07) is 14.5. The summed E-state index contributed by atoms with van der Waals surface area (Å²) < 4.78 is 0. The van der Waals surface area contributed by atoms with Gasteiger partial charge in [-0.25, -0.2) is 0 Å². The van der Waals surface area contributed by atoms with E-state index >= 15 is 0 Å². The number of nitrogen functional groups attached to an aromatic ring is 1. The summed E-state index contributed by atoms with van der Waals surface area (Å²) >= 11 is 0. The fourth-order valence-corrected chi connectivity index (χ4v) is 2.43. The largest absolute Gasteiger partial charge is 0.397 e. The van der Waals surface area contributed by atoms with Gasteiger partial charge >= 0.3 is 0 Å². The Balaban J connectivity index is 2.32. The van der Waals surface area contributed by atoms with Gasteiger partial charge < -0.3 is 10.6 Å². The zero-order chi connectivity index (χ0) is 13.8. The van der Waals surface area contributed by atoms with Gasteiger partial charge in [-0.3, -0.25) is 0 Å². The third-order valence-electron chi connectivity index (χ3n) is 3.65. The summed E-state index contributed by atoms with van der Waals surface area (Å²) in [6.45, 7) is 8.36. The van der Waals surface area contributed by atoms with E-state index in [0.717, 1.165) is 24.5 Å². The molecule has 2 aromatic rings. The molecule has 0 saturated carbocycles. The van der Waals surface area contributed by atoms with Crippen LogP contribution in [0.5, 0.6) is 0 Å². The molecule has 2 rings (SSSR count). The average molecular weight is 254 g/mol. The normalized spacial score (nSPS) is 10.5. The standard InChI is InChI=1S/C17H22N2/c1-4-19(17-11-6-5-10-16(17)18)12-15-13(2)8-7-9-14(15)3/h5-11H,4,12,18H2,1-3H3. The first-order chi connectivity index (χ1) is 9.13. The molecule has 0 fully saturated rings. The minimum atomic E-state index is 0.843. The molecule has 0 spiro atoms. The summed E-state index contributed by atoms with van der Waals surface area (Å²) in [6.07, 6.45) is 0. The second-order valence-electron chi connectivity index (χ2n) is 4.94. The number of para-hydroxylation sites is 2. The molecule has 0 aromatic heterocycles. The molecule has 19 heavy (non-hydrogen) atoms. The summed E-state index contributed by atoms with van der Waals surface area (Å²) in [5, 5.41) is 0. The fourth-order valence-electron chi connectivity index (χ4n) is 2.43. The Morgan fingerprint density at radius 2 is 1.58 bits per heavy atom. The number of anilines is 2. The van der Waals surface area contributed by atoms with Gasteiger partial charge in [-0.1, -0.05) is 30.3 Å². The average Bonchev–Trinajstić information content (AvgIpc) is 2.40.